The summed E-state index contributed by atoms with van der Waals surface area (Å²) in [5.41, 5.74) is 46.6. The van der Waals surface area contributed by atoms with Gasteiger partial charge in [0, 0.05) is 134 Å². The molecule has 4 spiro atoms. The molecule has 9 aromatic rings. The van der Waals surface area contributed by atoms with Crippen molar-refractivity contribution in [1.82, 2.24) is 49.8 Å². The van der Waals surface area contributed by atoms with Crippen LogP contribution in [-0.4, -0.2) is 181 Å². The number of nitrogens with zero attached hydrogens (tertiary/aromatic N) is 18. The standard InChI is InChI=1S/C27H29N7O.C24H30N6O.C21H25N5O2.C20H22N4O2/c1-17-25(33-14-10-27(11-15-33)24(28)18-6-2-3-9-22(18)35-27)32-20-16-30-26(23(20)31-17)34-13-5-7-19-21(34)8-4-12-29-19;1-16-22(28-19-15-26-23(20(19)27-16)30-10-12-31-13-11-30)29-8-6-24(7-9-29)14-17-4-2-3-5-18(17)21(24)25;1-28-20-17-15(11-23-20)25-19(16(12-27)24-17)26-8-6-21(7-9-26)10-13-4-2-3-5-14(13)18(21)22;21-18-13-4-1-2-7-17(13)26-20(18)8-10-24(11-9-20)19-16(12-25)22-14-5-3-6-15(14)23-19/h2-4,6,8-9,12,24H,5,7,10-11,13-16,28H2,1H3;2-5,21H,6-15,25H2,1H3;2-5,18,27H,6-12,22H2,1H3;1-5,7,18,25H,6,8-12,21H2/t24-;21-;2*18-/m1111/s1. The van der Waals surface area contributed by atoms with E-state index in [4.69, 9.17) is 81.8 Å². The molecule has 0 saturated carbocycles. The summed E-state index contributed by atoms with van der Waals surface area (Å²) in [6.45, 7) is 16.7. The molecule has 28 heteroatoms. The first-order chi connectivity index (χ1) is 58.6. The van der Waals surface area contributed by atoms with E-state index in [9.17, 15) is 10.2 Å². The maximum Gasteiger partial charge on any atom is 0.237 e. The highest BCUT2D eigenvalue weighted by atomic mass is 16.5. The van der Waals surface area contributed by atoms with Gasteiger partial charge in [0.1, 0.15) is 62.8 Å². The number of aryl methyl sites for hydroxylation is 3. The quantitative estimate of drug-likeness (QED) is 0.0902. The molecule has 28 nitrogen and oxygen atoms in total. The van der Waals surface area contributed by atoms with E-state index < -0.39 is 0 Å². The van der Waals surface area contributed by atoms with Crippen LogP contribution in [0.15, 0.2) is 136 Å². The Balaban J connectivity index is 0.000000103. The van der Waals surface area contributed by atoms with Crippen LogP contribution in [0.5, 0.6) is 11.5 Å². The molecule has 23 rings (SSSR count). The van der Waals surface area contributed by atoms with E-state index in [0.717, 1.165) is 289 Å². The minimum absolute atomic E-state index is 0.0897. The van der Waals surface area contributed by atoms with Crippen molar-refractivity contribution in [1.29, 1.82) is 0 Å². The number of ether oxygens (including phenoxy) is 4. The van der Waals surface area contributed by atoms with Gasteiger partial charge < -0.3 is 81.5 Å². The van der Waals surface area contributed by atoms with Gasteiger partial charge in [0.15, 0.2) is 23.3 Å². The summed E-state index contributed by atoms with van der Waals surface area (Å²) in [6.07, 6.45) is 18.5. The number of allylic oxidation sites excluding steroid dienone is 1. The fourth-order valence-corrected chi connectivity index (χ4v) is 21.3. The van der Waals surface area contributed by atoms with Gasteiger partial charge in [-0.15, -0.1) is 0 Å². The Bertz CT molecular complexity index is 5560. The van der Waals surface area contributed by atoms with Gasteiger partial charge in [-0.1, -0.05) is 91.0 Å². The van der Waals surface area contributed by atoms with Crippen molar-refractivity contribution in [3.8, 4) is 11.5 Å². The highest BCUT2D eigenvalue weighted by molar-refractivity contribution is 6.11. The second kappa shape index (κ2) is 31.6. The molecule has 120 heavy (non-hydrogen) atoms. The van der Waals surface area contributed by atoms with Gasteiger partial charge in [0.2, 0.25) is 5.90 Å². The molecule has 10 N–H and O–H groups in total. The predicted molar refractivity (Wildman–Crippen MR) is 460 cm³/mol. The van der Waals surface area contributed by atoms with Crippen LogP contribution in [0.1, 0.15) is 189 Å². The lowest BCUT2D eigenvalue weighted by atomic mass is 9.73. The molecular weight excluding hydrogens is 1510 g/mol. The van der Waals surface area contributed by atoms with E-state index in [1.165, 1.54) is 22.3 Å². The smallest absolute Gasteiger partial charge is 0.237 e. The number of aliphatic imine (C=N–C) groups is 3. The second-order valence-corrected chi connectivity index (χ2v) is 34.6. The Morgan fingerprint density at radius 1 is 0.450 bits per heavy atom. The van der Waals surface area contributed by atoms with Crippen molar-refractivity contribution in [3.05, 3.63) is 229 Å². The third-order valence-corrected chi connectivity index (χ3v) is 28.0. The molecule has 16 heterocycles. The average molecular weight is 1620 g/mol. The van der Waals surface area contributed by atoms with Crippen LogP contribution in [0.3, 0.4) is 0 Å². The summed E-state index contributed by atoms with van der Waals surface area (Å²) in [5, 5.41) is 19.6. The fraction of sp³-hybridized carbons (Fsp3) is 0.457. The normalized spacial score (nSPS) is 22.7. The zero-order chi connectivity index (χ0) is 81.6. The van der Waals surface area contributed by atoms with Crippen LogP contribution < -0.4 is 56.9 Å². The van der Waals surface area contributed by atoms with Gasteiger partial charge in [-0.05, 0) is 129 Å². The number of para-hydroxylation sites is 2. The summed E-state index contributed by atoms with van der Waals surface area (Å²) in [7, 11) is 1.58. The van der Waals surface area contributed by atoms with Crippen LogP contribution in [0, 0.1) is 24.7 Å². The first-order valence-electron chi connectivity index (χ1n) is 43.0. The van der Waals surface area contributed by atoms with Crippen LogP contribution >= 0.6 is 0 Å². The minimum atomic E-state index is -0.342. The third-order valence-electron chi connectivity index (χ3n) is 28.0. The number of benzene rings is 4. The summed E-state index contributed by atoms with van der Waals surface area (Å²) in [6, 6.07) is 37.7. The monoisotopic (exact) mass is 1610 g/mol. The Morgan fingerprint density at radius 2 is 0.917 bits per heavy atom. The molecule has 0 amide bonds. The van der Waals surface area contributed by atoms with E-state index in [2.05, 4.69) is 136 Å². The van der Waals surface area contributed by atoms with Crippen molar-refractivity contribution in [2.45, 2.75) is 166 Å². The van der Waals surface area contributed by atoms with E-state index in [0.29, 0.717) is 42.6 Å². The summed E-state index contributed by atoms with van der Waals surface area (Å²) in [4.78, 5) is 71.3. The first-order valence-corrected chi connectivity index (χ1v) is 43.0. The molecule has 0 bridgehead atoms. The lowest BCUT2D eigenvalue weighted by Crippen LogP contribution is -2.51. The molecule has 3 aliphatic carbocycles. The number of amidine groups is 2. The first kappa shape index (κ1) is 77.6. The Kier molecular flexibility index (Phi) is 20.4. The zero-order valence-corrected chi connectivity index (χ0v) is 68.7. The van der Waals surface area contributed by atoms with E-state index in [1.807, 2.05) is 54.7 Å². The molecule has 11 aliphatic heterocycles. The minimum Gasteiger partial charge on any atom is -0.485 e. The van der Waals surface area contributed by atoms with Crippen molar-refractivity contribution >= 4 is 52.6 Å². The highest BCUT2D eigenvalue weighted by Crippen LogP contribution is 2.54. The molecule has 5 aromatic heterocycles. The molecule has 4 aromatic carbocycles. The summed E-state index contributed by atoms with van der Waals surface area (Å²) >= 11 is 0. The number of aromatic nitrogens is 9. The van der Waals surface area contributed by atoms with Gasteiger partial charge >= 0.3 is 0 Å². The van der Waals surface area contributed by atoms with Crippen LogP contribution in [0.25, 0.3) is 6.08 Å². The number of nitrogens with two attached hydrogens (primary N) is 4. The van der Waals surface area contributed by atoms with Crippen molar-refractivity contribution in [2.75, 3.05) is 117 Å². The Labute approximate surface area is 699 Å². The van der Waals surface area contributed by atoms with Gasteiger partial charge in [0.25, 0.3) is 0 Å². The second-order valence-electron chi connectivity index (χ2n) is 34.6. The molecule has 5 fully saturated rings. The average Bonchev–Trinajstić information content (AvgIpc) is 1.60. The van der Waals surface area contributed by atoms with E-state index in [-0.39, 0.29) is 59.4 Å². The van der Waals surface area contributed by atoms with Gasteiger partial charge in [0.05, 0.1) is 116 Å². The molecular formula is C92H106N22O6. The van der Waals surface area contributed by atoms with Crippen molar-refractivity contribution < 1.29 is 29.2 Å². The molecule has 0 unspecified atom stereocenters. The third kappa shape index (κ3) is 13.6. The van der Waals surface area contributed by atoms with Gasteiger partial charge in [-0.25, -0.2) is 44.9 Å². The highest BCUT2D eigenvalue weighted by Gasteiger charge is 2.52. The van der Waals surface area contributed by atoms with Crippen LogP contribution in [-0.2, 0) is 68.0 Å². The topological polar surface area (TPSA) is 354 Å². The summed E-state index contributed by atoms with van der Waals surface area (Å²) < 4.78 is 23.5. The number of hydrogen-bond acceptors (Lipinski definition) is 28. The number of aliphatic hydroxyl groups excluding tert-OH is 2. The van der Waals surface area contributed by atoms with E-state index >= 15 is 0 Å². The maximum absolute atomic E-state index is 9.87. The number of rotatable bonds is 6. The van der Waals surface area contributed by atoms with Gasteiger partial charge in [-0.2, -0.15) is 0 Å². The van der Waals surface area contributed by atoms with Crippen molar-refractivity contribution in [2.24, 2.45) is 48.7 Å². The fourth-order valence-electron chi connectivity index (χ4n) is 21.3. The lowest BCUT2D eigenvalue weighted by molar-refractivity contribution is 0.0428. The molecule has 620 valence electrons. The van der Waals surface area contributed by atoms with Gasteiger partial charge in [-0.3, -0.25) is 15.0 Å². The Morgan fingerprint density at radius 3 is 1.45 bits per heavy atom. The van der Waals surface area contributed by atoms with Crippen LogP contribution in [0.4, 0.5) is 29.0 Å². The number of anilines is 5. The zero-order valence-electron chi connectivity index (χ0n) is 68.7. The van der Waals surface area contributed by atoms with Crippen molar-refractivity contribution in [3.63, 3.8) is 0 Å². The number of aliphatic hydroxyl groups is 2. The summed E-state index contributed by atoms with van der Waals surface area (Å²) in [5.74, 6) is 7.81. The number of piperidine rings is 4. The Hall–Kier alpha value is -11.0. The number of fused-ring (bicyclic) bond motifs is 9. The largest absolute Gasteiger partial charge is 0.485 e. The molecule has 14 aliphatic rings. The molecule has 5 saturated heterocycles. The maximum atomic E-state index is 9.87. The molecule has 4 atom stereocenters. The molecule has 0 radical (unpaired) electrons. The number of hydrogen-bond donors (Lipinski definition) is 6. The van der Waals surface area contributed by atoms with E-state index in [1.54, 1.807) is 7.11 Å². The predicted octanol–water partition coefficient (Wildman–Crippen LogP) is 9.23. The number of morpholine rings is 1. The lowest BCUT2D eigenvalue weighted by Gasteiger charge is -2.43. The SMILES string of the molecule is COC1=NCc2nc(N3CCC4(CC3)Cc3ccccc3[C@H]4N)c(CO)nc21.Cc1nc2c(nc1N1CCC3(CC1)Cc1ccccc1[C@H]3N)CN=C2N1CCOCC1.Cc1nc2c(nc1N1CCC3(CC1)Oc1ccccc1[C@H]3N)CN=C2N1CCCc2ncccc21.N[C@@H]1c2ccccc2OC12CCN(c1nc3c(nc1CO)C=CC3)CC2. The number of methoxy groups -OCH3 is 1. The van der Waals surface area contributed by atoms with Crippen LogP contribution in [0.2, 0.25) is 0 Å². The number of pyridine rings is 1.